The summed E-state index contributed by atoms with van der Waals surface area (Å²) < 4.78 is 10.5. The summed E-state index contributed by atoms with van der Waals surface area (Å²) in [6.45, 7) is 6.13. The second kappa shape index (κ2) is 8.98. The fourth-order valence-corrected chi connectivity index (χ4v) is 1.28. The van der Waals surface area contributed by atoms with Gasteiger partial charge in [-0.3, -0.25) is 0 Å². The maximum absolute atomic E-state index is 9.63. The molecule has 0 fully saturated rings. The van der Waals surface area contributed by atoms with Crippen molar-refractivity contribution in [2.24, 2.45) is 0 Å². The Kier molecular flexibility index (Phi) is 7.38. The van der Waals surface area contributed by atoms with E-state index in [-0.39, 0.29) is 6.61 Å². The van der Waals surface area contributed by atoms with Crippen LogP contribution in [0.3, 0.4) is 0 Å². The van der Waals surface area contributed by atoms with Crippen LogP contribution in [0.15, 0.2) is 30.3 Å². The van der Waals surface area contributed by atoms with Crippen LogP contribution in [0, 0.1) is 6.92 Å². The minimum Gasteiger partial charge on any atom is -0.491 e. The number of hydrogen-bond donors (Lipinski definition) is 2. The summed E-state index contributed by atoms with van der Waals surface area (Å²) in [7, 11) is 0. The maximum atomic E-state index is 9.63. The molecule has 4 heteroatoms. The van der Waals surface area contributed by atoms with Crippen molar-refractivity contribution >= 4 is 0 Å². The van der Waals surface area contributed by atoms with Gasteiger partial charge in [-0.2, -0.15) is 0 Å². The quantitative estimate of drug-likeness (QED) is 0.627. The zero-order chi connectivity index (χ0) is 12.3. The number of benzene rings is 1. The van der Waals surface area contributed by atoms with Gasteiger partial charge in [0.1, 0.15) is 18.5 Å². The largest absolute Gasteiger partial charge is 0.491 e. The fourth-order valence-electron chi connectivity index (χ4n) is 1.28. The smallest absolute Gasteiger partial charge is 0.119 e. The van der Waals surface area contributed by atoms with Gasteiger partial charge < -0.3 is 19.9 Å². The van der Waals surface area contributed by atoms with Crippen LogP contribution in [0.2, 0.25) is 0 Å². The van der Waals surface area contributed by atoms with Gasteiger partial charge in [0.15, 0.2) is 0 Å². The minimum absolute atomic E-state index is 0.285. The molecule has 0 aliphatic heterocycles. The number of rotatable bonds is 9. The Morgan fingerprint density at radius 2 is 2.06 bits per heavy atom. The SMILES string of the molecule is [CH2]COCCNCC(O)COc1ccccc1. The monoisotopic (exact) mass is 238 g/mol. The van der Waals surface area contributed by atoms with Gasteiger partial charge in [-0.25, -0.2) is 0 Å². The van der Waals surface area contributed by atoms with Gasteiger partial charge in [-0.15, -0.1) is 0 Å². The Morgan fingerprint density at radius 3 is 2.76 bits per heavy atom. The number of hydrogen-bond acceptors (Lipinski definition) is 4. The van der Waals surface area contributed by atoms with E-state index < -0.39 is 6.10 Å². The number of nitrogens with one attached hydrogen (secondary N) is 1. The molecule has 1 radical (unpaired) electrons. The molecule has 0 heterocycles. The van der Waals surface area contributed by atoms with E-state index in [4.69, 9.17) is 9.47 Å². The Bertz CT molecular complexity index is 279. The second-order valence-corrected chi connectivity index (χ2v) is 3.59. The van der Waals surface area contributed by atoms with Crippen molar-refractivity contribution in [2.45, 2.75) is 6.10 Å². The van der Waals surface area contributed by atoms with Crippen molar-refractivity contribution in [1.82, 2.24) is 5.32 Å². The van der Waals surface area contributed by atoms with Crippen LogP contribution in [-0.4, -0.2) is 44.1 Å². The van der Waals surface area contributed by atoms with E-state index in [0.29, 0.717) is 26.3 Å². The third-order valence-electron chi connectivity index (χ3n) is 2.13. The zero-order valence-electron chi connectivity index (χ0n) is 9.97. The molecule has 0 amide bonds. The van der Waals surface area contributed by atoms with E-state index in [1.807, 2.05) is 30.3 Å². The van der Waals surface area contributed by atoms with Crippen molar-refractivity contribution in [2.75, 3.05) is 32.9 Å². The Labute approximate surface area is 103 Å². The number of ether oxygens (including phenoxy) is 2. The lowest BCUT2D eigenvalue weighted by molar-refractivity contribution is 0.102. The third kappa shape index (κ3) is 6.94. The first kappa shape index (κ1) is 14.0. The van der Waals surface area contributed by atoms with E-state index in [1.165, 1.54) is 0 Å². The molecule has 0 aliphatic rings. The van der Waals surface area contributed by atoms with Crippen LogP contribution in [-0.2, 0) is 4.74 Å². The van der Waals surface area contributed by atoms with Crippen molar-refractivity contribution in [1.29, 1.82) is 0 Å². The first-order valence-corrected chi connectivity index (χ1v) is 5.76. The lowest BCUT2D eigenvalue weighted by Gasteiger charge is -2.13. The summed E-state index contributed by atoms with van der Waals surface area (Å²) in [6, 6.07) is 9.45. The number of para-hydroxylation sites is 1. The summed E-state index contributed by atoms with van der Waals surface area (Å²) >= 11 is 0. The van der Waals surface area contributed by atoms with Crippen LogP contribution >= 0.6 is 0 Å². The highest BCUT2D eigenvalue weighted by Crippen LogP contribution is 2.08. The van der Waals surface area contributed by atoms with Gasteiger partial charge in [-0.1, -0.05) is 18.2 Å². The van der Waals surface area contributed by atoms with E-state index in [0.717, 1.165) is 5.75 Å². The predicted molar refractivity (Wildman–Crippen MR) is 67.0 cm³/mol. The molecule has 0 aliphatic carbocycles. The van der Waals surface area contributed by atoms with Crippen molar-refractivity contribution in [3.63, 3.8) is 0 Å². The standard InChI is InChI=1S/C13H20NO3/c1-2-16-9-8-14-10-12(15)11-17-13-6-4-3-5-7-13/h3-7,12,14-15H,1-2,8-11H2. The molecule has 0 aromatic heterocycles. The molecule has 0 bridgehead atoms. The lowest BCUT2D eigenvalue weighted by atomic mass is 10.3. The molecule has 95 valence electrons. The summed E-state index contributed by atoms with van der Waals surface area (Å²) in [4.78, 5) is 0. The van der Waals surface area contributed by atoms with Gasteiger partial charge in [0.2, 0.25) is 0 Å². The van der Waals surface area contributed by atoms with Crippen LogP contribution in [0.1, 0.15) is 0 Å². The number of aliphatic hydroxyl groups is 1. The molecule has 4 nitrogen and oxygen atoms in total. The zero-order valence-corrected chi connectivity index (χ0v) is 9.97. The normalized spacial score (nSPS) is 12.4. The topological polar surface area (TPSA) is 50.7 Å². The first-order chi connectivity index (χ1) is 8.33. The molecule has 2 N–H and O–H groups in total. The molecular formula is C13H20NO3. The molecular weight excluding hydrogens is 218 g/mol. The van der Waals surface area contributed by atoms with E-state index in [1.54, 1.807) is 0 Å². The molecule has 1 unspecified atom stereocenters. The van der Waals surface area contributed by atoms with Crippen LogP contribution in [0.25, 0.3) is 0 Å². The third-order valence-corrected chi connectivity index (χ3v) is 2.13. The average Bonchev–Trinajstić information content (AvgIpc) is 2.37. The van der Waals surface area contributed by atoms with Gasteiger partial charge in [0.25, 0.3) is 0 Å². The molecule has 1 atom stereocenters. The minimum atomic E-state index is -0.519. The molecule has 0 saturated carbocycles. The molecule has 0 spiro atoms. The van der Waals surface area contributed by atoms with Gasteiger partial charge in [0, 0.05) is 19.7 Å². The van der Waals surface area contributed by atoms with Gasteiger partial charge >= 0.3 is 0 Å². The van der Waals surface area contributed by atoms with E-state index in [9.17, 15) is 5.11 Å². The Balaban J connectivity index is 2.03. The van der Waals surface area contributed by atoms with Gasteiger partial charge in [0.05, 0.1) is 6.61 Å². The van der Waals surface area contributed by atoms with Crippen LogP contribution in [0.4, 0.5) is 0 Å². The van der Waals surface area contributed by atoms with Crippen molar-refractivity contribution in [3.8, 4) is 5.75 Å². The van der Waals surface area contributed by atoms with Crippen molar-refractivity contribution in [3.05, 3.63) is 37.3 Å². The summed E-state index contributed by atoms with van der Waals surface area (Å²) in [5, 5.41) is 12.7. The summed E-state index contributed by atoms with van der Waals surface area (Å²) in [6.07, 6.45) is -0.519. The predicted octanol–water partition coefficient (Wildman–Crippen LogP) is 0.867. The Morgan fingerprint density at radius 1 is 1.29 bits per heavy atom. The summed E-state index contributed by atoms with van der Waals surface area (Å²) in [5.41, 5.74) is 0. The molecule has 1 rings (SSSR count). The lowest BCUT2D eigenvalue weighted by Crippen LogP contribution is -2.33. The maximum Gasteiger partial charge on any atom is 0.119 e. The highest BCUT2D eigenvalue weighted by atomic mass is 16.5. The van der Waals surface area contributed by atoms with Gasteiger partial charge in [-0.05, 0) is 19.1 Å². The molecule has 0 saturated heterocycles. The molecule has 1 aromatic carbocycles. The number of aliphatic hydroxyl groups excluding tert-OH is 1. The highest BCUT2D eigenvalue weighted by Gasteiger charge is 2.04. The average molecular weight is 238 g/mol. The molecule has 1 aromatic rings. The molecule has 17 heavy (non-hydrogen) atoms. The van der Waals surface area contributed by atoms with E-state index in [2.05, 4.69) is 12.2 Å². The fraction of sp³-hybridized carbons (Fsp3) is 0.462. The Hall–Kier alpha value is -1.10. The highest BCUT2D eigenvalue weighted by molar-refractivity contribution is 5.20. The van der Waals surface area contributed by atoms with Crippen molar-refractivity contribution < 1.29 is 14.6 Å². The van der Waals surface area contributed by atoms with E-state index >= 15 is 0 Å². The van der Waals surface area contributed by atoms with Crippen LogP contribution < -0.4 is 10.1 Å². The van der Waals surface area contributed by atoms with Crippen LogP contribution in [0.5, 0.6) is 5.75 Å². The first-order valence-electron chi connectivity index (χ1n) is 5.76. The second-order valence-electron chi connectivity index (χ2n) is 3.59. The summed E-state index contributed by atoms with van der Waals surface area (Å²) in [5.74, 6) is 0.770.